The fourth-order valence-corrected chi connectivity index (χ4v) is 7.39. The van der Waals surface area contributed by atoms with E-state index in [2.05, 4.69) is 34.6 Å². The molecule has 1 rings (SSSR count). The largest absolute Gasteiger partial charge is 0.501 e. The summed E-state index contributed by atoms with van der Waals surface area (Å²) < 4.78 is 32.9. The molecule has 1 atom stereocenters. The fraction of sp³-hybridized carbons (Fsp3) is 1.00. The first-order valence-corrected chi connectivity index (χ1v) is 16.3. The van der Waals surface area contributed by atoms with Gasteiger partial charge in [0.1, 0.15) is 6.10 Å². The second-order valence-corrected chi connectivity index (χ2v) is 12.2. The molecule has 198 valence electrons. The van der Waals surface area contributed by atoms with Gasteiger partial charge in [0.2, 0.25) is 0 Å². The topological polar surface area (TPSA) is 46.2 Å². The molecule has 0 aliphatic carbocycles. The van der Waals surface area contributed by atoms with Crippen molar-refractivity contribution in [3.8, 4) is 0 Å². The Kier molecular flexibility index (Phi) is 18.1. The Morgan fingerprint density at radius 2 is 1.24 bits per heavy atom. The summed E-state index contributed by atoms with van der Waals surface area (Å²) in [6.07, 6.45) is 16.5. The number of unbranched alkanes of at least 4 members (excludes halogenated alkanes) is 8. The standard InChI is InChI=1S/C27H56O5Si/c1-6-11-14-17-23-30-33(25-9-4,31-24-18-15-12-7-2)32-26(20-16-13-8-3)27(10-5)28-21-19-22-29-27/h26H,6-25H2,1-5H3. The first kappa shape index (κ1) is 31.0. The van der Waals surface area contributed by atoms with Crippen molar-refractivity contribution in [1.29, 1.82) is 0 Å². The summed E-state index contributed by atoms with van der Waals surface area (Å²) in [7, 11) is -2.85. The summed E-state index contributed by atoms with van der Waals surface area (Å²) >= 11 is 0. The normalized spacial score (nSPS) is 17.4. The van der Waals surface area contributed by atoms with Crippen LogP contribution in [0.4, 0.5) is 0 Å². The molecule has 0 spiro atoms. The lowest BCUT2D eigenvalue weighted by atomic mass is 10.00. The van der Waals surface area contributed by atoms with E-state index < -0.39 is 14.6 Å². The van der Waals surface area contributed by atoms with Crippen molar-refractivity contribution < 1.29 is 22.8 Å². The predicted octanol–water partition coefficient (Wildman–Crippen LogP) is 8.04. The van der Waals surface area contributed by atoms with Crippen molar-refractivity contribution in [2.45, 2.75) is 149 Å². The van der Waals surface area contributed by atoms with Crippen molar-refractivity contribution in [1.82, 2.24) is 0 Å². The van der Waals surface area contributed by atoms with Gasteiger partial charge in [-0.1, -0.05) is 98.8 Å². The van der Waals surface area contributed by atoms with Gasteiger partial charge in [0, 0.05) is 25.7 Å². The minimum atomic E-state index is -2.85. The Morgan fingerprint density at radius 1 is 0.697 bits per heavy atom. The Bertz CT molecular complexity index is 428. The van der Waals surface area contributed by atoms with E-state index in [4.69, 9.17) is 22.8 Å². The third kappa shape index (κ3) is 12.0. The van der Waals surface area contributed by atoms with Gasteiger partial charge in [0.15, 0.2) is 5.79 Å². The van der Waals surface area contributed by atoms with E-state index in [1.54, 1.807) is 0 Å². The monoisotopic (exact) mass is 488 g/mol. The van der Waals surface area contributed by atoms with E-state index in [0.29, 0.717) is 0 Å². The molecule has 1 fully saturated rings. The van der Waals surface area contributed by atoms with Crippen molar-refractivity contribution in [3.63, 3.8) is 0 Å². The van der Waals surface area contributed by atoms with Crippen LogP contribution in [0.1, 0.15) is 131 Å². The van der Waals surface area contributed by atoms with Gasteiger partial charge in [0.05, 0.1) is 13.2 Å². The number of hydrogen-bond donors (Lipinski definition) is 0. The highest BCUT2D eigenvalue weighted by Gasteiger charge is 2.50. The van der Waals surface area contributed by atoms with Crippen LogP contribution in [0, 0.1) is 0 Å². The van der Waals surface area contributed by atoms with E-state index >= 15 is 0 Å². The van der Waals surface area contributed by atoms with Gasteiger partial charge < -0.3 is 22.8 Å². The van der Waals surface area contributed by atoms with Crippen LogP contribution in [0.25, 0.3) is 0 Å². The summed E-state index contributed by atoms with van der Waals surface area (Å²) in [5.41, 5.74) is 0. The molecule has 1 aliphatic rings. The molecule has 33 heavy (non-hydrogen) atoms. The first-order valence-electron chi connectivity index (χ1n) is 14.4. The van der Waals surface area contributed by atoms with Gasteiger partial charge in [-0.2, -0.15) is 0 Å². The minimum absolute atomic E-state index is 0.140. The van der Waals surface area contributed by atoms with Crippen molar-refractivity contribution in [2.75, 3.05) is 26.4 Å². The highest BCUT2D eigenvalue weighted by molar-refractivity contribution is 6.60. The average Bonchev–Trinajstić information content (AvgIpc) is 2.84. The van der Waals surface area contributed by atoms with E-state index in [1.807, 2.05) is 0 Å². The summed E-state index contributed by atoms with van der Waals surface area (Å²) in [6, 6.07) is 0.860. The molecule has 0 saturated carbocycles. The molecular formula is C27H56O5Si. The molecule has 1 unspecified atom stereocenters. The zero-order valence-corrected chi connectivity index (χ0v) is 23.8. The third-order valence-electron chi connectivity index (χ3n) is 6.55. The summed E-state index contributed by atoms with van der Waals surface area (Å²) in [4.78, 5) is 0. The van der Waals surface area contributed by atoms with Gasteiger partial charge in [-0.3, -0.25) is 0 Å². The number of ether oxygens (including phenoxy) is 2. The van der Waals surface area contributed by atoms with Crippen molar-refractivity contribution in [2.24, 2.45) is 0 Å². The number of hydrogen-bond acceptors (Lipinski definition) is 5. The van der Waals surface area contributed by atoms with Gasteiger partial charge >= 0.3 is 8.80 Å². The van der Waals surface area contributed by atoms with Gasteiger partial charge in [-0.05, 0) is 25.7 Å². The van der Waals surface area contributed by atoms with Crippen LogP contribution >= 0.6 is 0 Å². The molecule has 1 heterocycles. The van der Waals surface area contributed by atoms with Crippen LogP contribution in [-0.4, -0.2) is 47.1 Å². The average molecular weight is 489 g/mol. The van der Waals surface area contributed by atoms with E-state index in [9.17, 15) is 0 Å². The van der Waals surface area contributed by atoms with Crippen LogP contribution < -0.4 is 0 Å². The molecule has 0 aromatic rings. The van der Waals surface area contributed by atoms with Crippen molar-refractivity contribution in [3.05, 3.63) is 0 Å². The van der Waals surface area contributed by atoms with E-state index in [-0.39, 0.29) is 6.10 Å². The summed E-state index contributed by atoms with van der Waals surface area (Å²) in [5.74, 6) is -0.672. The Labute approximate surface area is 207 Å². The molecule has 0 amide bonds. The summed E-state index contributed by atoms with van der Waals surface area (Å²) in [6.45, 7) is 14.0. The van der Waals surface area contributed by atoms with Crippen LogP contribution in [0.3, 0.4) is 0 Å². The molecule has 0 N–H and O–H groups in total. The molecule has 6 heteroatoms. The van der Waals surface area contributed by atoms with Crippen LogP contribution in [0.5, 0.6) is 0 Å². The predicted molar refractivity (Wildman–Crippen MR) is 140 cm³/mol. The molecule has 0 radical (unpaired) electrons. The van der Waals surface area contributed by atoms with Crippen LogP contribution in [0.15, 0.2) is 0 Å². The first-order chi connectivity index (χ1) is 16.1. The number of rotatable bonds is 22. The molecule has 0 bridgehead atoms. The zero-order chi connectivity index (χ0) is 24.3. The highest BCUT2D eigenvalue weighted by Crippen LogP contribution is 2.35. The molecule has 0 aromatic carbocycles. The third-order valence-corrected chi connectivity index (χ3v) is 9.60. The second-order valence-electron chi connectivity index (χ2n) is 9.57. The molecule has 1 saturated heterocycles. The Balaban J connectivity index is 3.02. The fourth-order valence-electron chi connectivity index (χ4n) is 4.51. The zero-order valence-electron chi connectivity index (χ0n) is 22.8. The Morgan fingerprint density at radius 3 is 1.73 bits per heavy atom. The maximum atomic E-state index is 7.02. The second kappa shape index (κ2) is 19.2. The SMILES string of the molecule is CCCCCCO[Si](CCC)(OCCCCCC)OC(CCCCC)C1(CC)OCCCO1. The van der Waals surface area contributed by atoms with Gasteiger partial charge in [0.25, 0.3) is 0 Å². The lowest BCUT2D eigenvalue weighted by Crippen LogP contribution is -2.58. The van der Waals surface area contributed by atoms with Crippen LogP contribution in [-0.2, 0) is 22.8 Å². The minimum Gasteiger partial charge on any atom is -0.373 e. The highest BCUT2D eigenvalue weighted by atomic mass is 28.4. The van der Waals surface area contributed by atoms with Gasteiger partial charge in [-0.25, -0.2) is 0 Å². The smallest absolute Gasteiger partial charge is 0.373 e. The maximum absolute atomic E-state index is 7.02. The van der Waals surface area contributed by atoms with E-state index in [1.165, 1.54) is 51.4 Å². The van der Waals surface area contributed by atoms with Gasteiger partial charge in [-0.15, -0.1) is 0 Å². The molecule has 1 aliphatic heterocycles. The molecule has 0 aromatic heterocycles. The summed E-state index contributed by atoms with van der Waals surface area (Å²) in [5, 5.41) is 0. The van der Waals surface area contributed by atoms with E-state index in [0.717, 1.165) is 77.4 Å². The lowest BCUT2D eigenvalue weighted by molar-refractivity contribution is -0.310. The van der Waals surface area contributed by atoms with Crippen LogP contribution in [0.2, 0.25) is 6.04 Å². The lowest BCUT2D eigenvalue weighted by Gasteiger charge is -2.45. The quantitative estimate of drug-likeness (QED) is 0.114. The van der Waals surface area contributed by atoms with Crippen molar-refractivity contribution >= 4 is 8.80 Å². The molecular weight excluding hydrogens is 432 g/mol. The molecule has 5 nitrogen and oxygen atoms in total. The Hall–Kier alpha value is 0.0169. The maximum Gasteiger partial charge on any atom is 0.501 e.